The zero-order chi connectivity index (χ0) is 17.4. The smallest absolute Gasteiger partial charge is 0.245 e. The number of hydrogen-bond donors (Lipinski definition) is 1. The number of nitrogens with zero attached hydrogens (tertiary/aromatic N) is 1. The monoisotopic (exact) mass is 342 g/mol. The molecule has 1 atom stereocenters. The number of likely N-dealkylation sites (N-methyl/N-ethyl adjacent to an activating group) is 1. The fourth-order valence-electron chi connectivity index (χ4n) is 2.75. The van der Waals surface area contributed by atoms with Gasteiger partial charge in [-0.2, -0.15) is 0 Å². The summed E-state index contributed by atoms with van der Waals surface area (Å²) in [6, 6.07) is 19.9. The van der Waals surface area contributed by atoms with E-state index in [0.29, 0.717) is 5.75 Å². The molecule has 1 unspecified atom stereocenters. The summed E-state index contributed by atoms with van der Waals surface area (Å²) in [7, 11) is 0. The van der Waals surface area contributed by atoms with Crippen molar-refractivity contribution in [2.75, 3.05) is 24.2 Å². The molecule has 2 aromatic carbocycles. The van der Waals surface area contributed by atoms with Crippen molar-refractivity contribution in [1.82, 2.24) is 4.90 Å². The average Bonchev–Trinajstić information content (AvgIpc) is 2.62. The first-order valence-electron chi connectivity index (χ1n) is 8.39. The molecule has 0 aliphatic rings. The van der Waals surface area contributed by atoms with Gasteiger partial charge in [0.1, 0.15) is 5.54 Å². The van der Waals surface area contributed by atoms with Gasteiger partial charge in [-0.25, -0.2) is 0 Å². The standard InChI is InChI=1S/C20H26N2OS/c1-4-22(5-2)20(3,16-24-18-14-10-7-11-15-18)19(23)21-17-12-8-6-9-13-17/h6-15H,4-5,16H2,1-3H3,(H,21,23). The number of anilines is 1. The van der Waals surface area contributed by atoms with Gasteiger partial charge in [0.15, 0.2) is 0 Å². The number of thioether (sulfide) groups is 1. The molecule has 1 amide bonds. The van der Waals surface area contributed by atoms with Gasteiger partial charge >= 0.3 is 0 Å². The third-order valence-electron chi connectivity index (χ3n) is 4.25. The molecule has 0 radical (unpaired) electrons. The van der Waals surface area contributed by atoms with Crippen LogP contribution in [-0.2, 0) is 4.79 Å². The molecule has 128 valence electrons. The first kappa shape index (κ1) is 18.6. The van der Waals surface area contributed by atoms with Crippen molar-refractivity contribution in [2.24, 2.45) is 0 Å². The summed E-state index contributed by atoms with van der Waals surface area (Å²) in [6.45, 7) is 7.92. The van der Waals surface area contributed by atoms with Crippen LogP contribution in [0, 0.1) is 0 Å². The molecule has 2 aromatic rings. The van der Waals surface area contributed by atoms with Gasteiger partial charge in [-0.05, 0) is 44.3 Å². The molecule has 0 bridgehead atoms. The van der Waals surface area contributed by atoms with Gasteiger partial charge in [0, 0.05) is 16.3 Å². The van der Waals surface area contributed by atoms with Crippen molar-refractivity contribution in [3.63, 3.8) is 0 Å². The molecule has 24 heavy (non-hydrogen) atoms. The molecule has 0 saturated heterocycles. The van der Waals surface area contributed by atoms with Crippen molar-refractivity contribution >= 4 is 23.4 Å². The van der Waals surface area contributed by atoms with Gasteiger partial charge in [-0.1, -0.05) is 50.2 Å². The molecule has 0 spiro atoms. The zero-order valence-corrected chi connectivity index (χ0v) is 15.5. The molecule has 0 aliphatic heterocycles. The second-order valence-corrected chi connectivity index (χ2v) is 6.92. The predicted octanol–water partition coefficient (Wildman–Crippen LogP) is 4.52. The SMILES string of the molecule is CCN(CC)C(C)(CSc1ccccc1)C(=O)Nc1ccccc1. The van der Waals surface area contributed by atoms with Gasteiger partial charge < -0.3 is 5.32 Å². The van der Waals surface area contributed by atoms with E-state index >= 15 is 0 Å². The quantitative estimate of drug-likeness (QED) is 0.716. The van der Waals surface area contributed by atoms with E-state index in [2.05, 4.69) is 36.2 Å². The van der Waals surface area contributed by atoms with E-state index in [4.69, 9.17) is 0 Å². The molecule has 1 N–H and O–H groups in total. The molecule has 0 saturated carbocycles. The lowest BCUT2D eigenvalue weighted by molar-refractivity contribution is -0.125. The van der Waals surface area contributed by atoms with E-state index in [9.17, 15) is 4.79 Å². The Kier molecular flexibility index (Phi) is 6.88. The van der Waals surface area contributed by atoms with Crippen LogP contribution in [0.4, 0.5) is 5.69 Å². The fraction of sp³-hybridized carbons (Fsp3) is 0.350. The second kappa shape index (κ2) is 8.90. The molecule has 2 rings (SSSR count). The van der Waals surface area contributed by atoms with Crippen molar-refractivity contribution in [2.45, 2.75) is 31.2 Å². The van der Waals surface area contributed by atoms with Gasteiger partial charge in [-0.15, -0.1) is 11.8 Å². The Hall–Kier alpha value is -1.78. The number of hydrogen-bond acceptors (Lipinski definition) is 3. The highest BCUT2D eigenvalue weighted by molar-refractivity contribution is 7.99. The molecule has 0 fully saturated rings. The maximum absolute atomic E-state index is 13.0. The second-order valence-electron chi connectivity index (χ2n) is 5.87. The summed E-state index contributed by atoms with van der Waals surface area (Å²) < 4.78 is 0. The van der Waals surface area contributed by atoms with Crippen LogP contribution in [0.25, 0.3) is 0 Å². The lowest BCUT2D eigenvalue weighted by Crippen LogP contribution is -2.56. The van der Waals surface area contributed by atoms with Gasteiger partial charge in [0.05, 0.1) is 0 Å². The van der Waals surface area contributed by atoms with Crippen molar-refractivity contribution in [3.8, 4) is 0 Å². The summed E-state index contributed by atoms with van der Waals surface area (Å²) in [5.41, 5.74) is 0.269. The predicted molar refractivity (Wildman–Crippen MR) is 104 cm³/mol. The van der Waals surface area contributed by atoms with Crippen LogP contribution in [-0.4, -0.2) is 35.2 Å². The molecule has 0 aliphatic carbocycles. The Morgan fingerprint density at radius 2 is 1.54 bits per heavy atom. The van der Waals surface area contributed by atoms with Gasteiger partial charge in [-0.3, -0.25) is 9.69 Å². The van der Waals surface area contributed by atoms with E-state index in [-0.39, 0.29) is 5.91 Å². The molecule has 0 aromatic heterocycles. The number of rotatable bonds is 8. The normalized spacial score (nSPS) is 13.5. The Bertz CT molecular complexity index is 629. The Morgan fingerprint density at radius 1 is 1.00 bits per heavy atom. The van der Waals surface area contributed by atoms with Crippen molar-refractivity contribution in [1.29, 1.82) is 0 Å². The lowest BCUT2D eigenvalue weighted by atomic mass is 10.0. The number of carbonyl (C=O) groups is 1. The third kappa shape index (κ3) is 4.62. The number of benzene rings is 2. The third-order valence-corrected chi connectivity index (χ3v) is 5.56. The Labute approximate surface area is 149 Å². The largest absolute Gasteiger partial charge is 0.324 e. The summed E-state index contributed by atoms with van der Waals surface area (Å²) in [5.74, 6) is 0.748. The van der Waals surface area contributed by atoms with E-state index in [0.717, 1.165) is 18.8 Å². The van der Waals surface area contributed by atoms with E-state index in [1.54, 1.807) is 11.8 Å². The van der Waals surface area contributed by atoms with Crippen LogP contribution in [0.15, 0.2) is 65.6 Å². The Balaban J connectivity index is 2.17. The number of carbonyl (C=O) groups excluding carboxylic acids is 1. The average molecular weight is 343 g/mol. The maximum atomic E-state index is 13.0. The topological polar surface area (TPSA) is 32.3 Å². The first-order chi connectivity index (χ1) is 11.6. The molecule has 4 heteroatoms. The molecule has 0 heterocycles. The minimum Gasteiger partial charge on any atom is -0.324 e. The summed E-state index contributed by atoms with van der Waals surface area (Å²) in [5, 5.41) is 3.07. The lowest BCUT2D eigenvalue weighted by Gasteiger charge is -2.38. The fourth-order valence-corrected chi connectivity index (χ4v) is 3.86. The minimum atomic E-state index is -0.570. The molecular formula is C20H26N2OS. The number of nitrogens with one attached hydrogen (secondary N) is 1. The maximum Gasteiger partial charge on any atom is 0.245 e. The first-order valence-corrected chi connectivity index (χ1v) is 9.38. The molecule has 3 nitrogen and oxygen atoms in total. The van der Waals surface area contributed by atoms with Crippen molar-refractivity contribution in [3.05, 3.63) is 60.7 Å². The van der Waals surface area contributed by atoms with Gasteiger partial charge in [0.2, 0.25) is 5.91 Å². The van der Waals surface area contributed by atoms with Gasteiger partial charge in [0.25, 0.3) is 0 Å². The zero-order valence-electron chi connectivity index (χ0n) is 14.7. The van der Waals surface area contributed by atoms with Crippen LogP contribution in [0.5, 0.6) is 0 Å². The van der Waals surface area contributed by atoms with E-state index < -0.39 is 5.54 Å². The highest BCUT2D eigenvalue weighted by Crippen LogP contribution is 2.28. The van der Waals surface area contributed by atoms with E-state index in [1.807, 2.05) is 55.5 Å². The van der Waals surface area contributed by atoms with Crippen LogP contribution >= 0.6 is 11.8 Å². The summed E-state index contributed by atoms with van der Waals surface area (Å²) in [4.78, 5) is 16.5. The minimum absolute atomic E-state index is 0.0424. The van der Waals surface area contributed by atoms with Crippen LogP contribution in [0.1, 0.15) is 20.8 Å². The highest BCUT2D eigenvalue weighted by atomic mass is 32.2. The van der Waals surface area contributed by atoms with Crippen molar-refractivity contribution < 1.29 is 4.79 Å². The van der Waals surface area contributed by atoms with Crippen LogP contribution in [0.3, 0.4) is 0 Å². The highest BCUT2D eigenvalue weighted by Gasteiger charge is 2.38. The molecular weight excluding hydrogens is 316 g/mol. The van der Waals surface area contributed by atoms with Crippen LogP contribution in [0.2, 0.25) is 0 Å². The van der Waals surface area contributed by atoms with E-state index in [1.165, 1.54) is 4.90 Å². The number of para-hydroxylation sites is 1. The Morgan fingerprint density at radius 3 is 2.08 bits per heavy atom. The number of amides is 1. The summed E-state index contributed by atoms with van der Waals surface area (Å²) >= 11 is 1.72. The summed E-state index contributed by atoms with van der Waals surface area (Å²) in [6.07, 6.45) is 0. The van der Waals surface area contributed by atoms with Crippen LogP contribution < -0.4 is 5.32 Å².